The van der Waals surface area contributed by atoms with E-state index in [1.54, 1.807) is 0 Å². The molecule has 0 bridgehead atoms. The number of aromatic amines is 2. The van der Waals surface area contributed by atoms with Gasteiger partial charge in [0.1, 0.15) is 0 Å². The van der Waals surface area contributed by atoms with E-state index < -0.39 is 0 Å². The molecule has 0 spiro atoms. The molecule has 0 radical (unpaired) electrons. The number of rotatable bonds is 6. The summed E-state index contributed by atoms with van der Waals surface area (Å²) in [7, 11) is 0. The molecule has 4 rings (SSSR count). The van der Waals surface area contributed by atoms with E-state index >= 15 is 0 Å². The van der Waals surface area contributed by atoms with Gasteiger partial charge in [-0.15, -0.1) is 0 Å². The molecule has 0 unspecified atom stereocenters. The molecule has 0 saturated carbocycles. The molecule has 0 atom stereocenters. The Balaban J connectivity index is 1.26. The van der Waals surface area contributed by atoms with Crippen LogP contribution in [-0.2, 0) is 9.59 Å². The summed E-state index contributed by atoms with van der Waals surface area (Å²) >= 11 is 2.53. The fraction of sp³-hybridized carbons (Fsp3) is 0.200. The number of nitrogens with zero attached hydrogens (tertiary/aromatic N) is 2. The Morgan fingerprint density at radius 2 is 1.28 bits per heavy atom. The van der Waals surface area contributed by atoms with Crippen LogP contribution in [0, 0.1) is 13.8 Å². The van der Waals surface area contributed by atoms with Crippen LogP contribution in [0.2, 0.25) is 0 Å². The van der Waals surface area contributed by atoms with Crippen LogP contribution in [0.3, 0.4) is 0 Å². The molecule has 0 aliphatic heterocycles. The van der Waals surface area contributed by atoms with Crippen molar-refractivity contribution in [3.63, 3.8) is 0 Å². The molecule has 148 valence electrons. The normalized spacial score (nSPS) is 11.2. The Kier molecular flexibility index (Phi) is 5.59. The van der Waals surface area contributed by atoms with Gasteiger partial charge < -0.3 is 9.97 Å². The van der Waals surface area contributed by atoms with Crippen LogP contribution in [0.4, 0.5) is 0 Å². The summed E-state index contributed by atoms with van der Waals surface area (Å²) in [6, 6.07) is 11.9. The average molecular weight is 426 g/mol. The third-order valence-electron chi connectivity index (χ3n) is 4.19. The highest BCUT2D eigenvalue weighted by molar-refractivity contribution is 8.00. The number of imide groups is 1. The molecule has 0 saturated heterocycles. The predicted octanol–water partition coefficient (Wildman–Crippen LogP) is 3.58. The number of carbonyl (C=O) groups excluding carboxylic acids is 2. The first-order valence-corrected chi connectivity index (χ1v) is 10.9. The van der Waals surface area contributed by atoms with Gasteiger partial charge >= 0.3 is 0 Å². The van der Waals surface area contributed by atoms with E-state index in [-0.39, 0.29) is 23.3 Å². The number of thioether (sulfide) groups is 2. The summed E-state index contributed by atoms with van der Waals surface area (Å²) in [5.74, 6) is -0.479. The maximum absolute atomic E-state index is 12.1. The molecule has 7 nitrogen and oxygen atoms in total. The minimum absolute atomic E-state index is 0.110. The first-order chi connectivity index (χ1) is 14.0. The third-order valence-corrected chi connectivity index (χ3v) is 5.94. The van der Waals surface area contributed by atoms with Crippen molar-refractivity contribution in [2.24, 2.45) is 0 Å². The van der Waals surface area contributed by atoms with Crippen molar-refractivity contribution in [1.29, 1.82) is 0 Å². The van der Waals surface area contributed by atoms with Gasteiger partial charge in [0.15, 0.2) is 10.3 Å². The lowest BCUT2D eigenvalue weighted by atomic mass is 10.2. The van der Waals surface area contributed by atoms with E-state index in [4.69, 9.17) is 0 Å². The van der Waals surface area contributed by atoms with Crippen LogP contribution in [0.5, 0.6) is 0 Å². The molecular formula is C20H19N5O2S2. The Hall–Kier alpha value is -2.78. The summed E-state index contributed by atoms with van der Waals surface area (Å²) in [5, 5.41) is 3.71. The van der Waals surface area contributed by atoms with E-state index in [2.05, 4.69) is 25.3 Å². The number of imidazole rings is 2. The van der Waals surface area contributed by atoms with E-state index in [1.807, 2.05) is 50.2 Å². The Morgan fingerprint density at radius 3 is 1.72 bits per heavy atom. The van der Waals surface area contributed by atoms with Crippen molar-refractivity contribution < 1.29 is 9.59 Å². The van der Waals surface area contributed by atoms with Crippen LogP contribution in [0.15, 0.2) is 46.7 Å². The van der Waals surface area contributed by atoms with Crippen LogP contribution in [-0.4, -0.2) is 43.3 Å². The number of aromatic nitrogens is 4. The number of benzene rings is 2. The largest absolute Gasteiger partial charge is 0.333 e. The number of amides is 2. The second kappa shape index (κ2) is 8.30. The molecule has 9 heteroatoms. The molecular weight excluding hydrogens is 406 g/mol. The summed E-state index contributed by atoms with van der Waals surface area (Å²) < 4.78 is 0. The molecule has 29 heavy (non-hydrogen) atoms. The number of hydrogen-bond acceptors (Lipinski definition) is 6. The molecule has 2 aromatic heterocycles. The minimum Gasteiger partial charge on any atom is -0.333 e. The first kappa shape index (κ1) is 19.5. The lowest BCUT2D eigenvalue weighted by Crippen LogP contribution is -2.33. The van der Waals surface area contributed by atoms with Crippen molar-refractivity contribution in [1.82, 2.24) is 25.3 Å². The number of nitrogens with one attached hydrogen (secondary N) is 3. The summed E-state index contributed by atoms with van der Waals surface area (Å²) in [5.41, 5.74) is 5.85. The molecule has 0 aliphatic carbocycles. The van der Waals surface area contributed by atoms with Gasteiger partial charge in [-0.1, -0.05) is 35.7 Å². The topological polar surface area (TPSA) is 104 Å². The lowest BCUT2D eigenvalue weighted by Gasteiger charge is -2.02. The summed E-state index contributed by atoms with van der Waals surface area (Å²) in [6.45, 7) is 4.02. The Morgan fingerprint density at radius 1 is 0.828 bits per heavy atom. The summed E-state index contributed by atoms with van der Waals surface area (Å²) in [4.78, 5) is 39.3. The van der Waals surface area contributed by atoms with Crippen LogP contribution in [0.1, 0.15) is 11.1 Å². The van der Waals surface area contributed by atoms with Gasteiger partial charge in [-0.3, -0.25) is 14.9 Å². The maximum Gasteiger partial charge on any atom is 0.237 e. The second-order valence-electron chi connectivity index (χ2n) is 6.67. The fourth-order valence-corrected chi connectivity index (χ4v) is 4.20. The average Bonchev–Trinajstić information content (AvgIpc) is 3.27. The van der Waals surface area contributed by atoms with Gasteiger partial charge in [-0.25, -0.2) is 9.97 Å². The lowest BCUT2D eigenvalue weighted by molar-refractivity contribution is -0.127. The van der Waals surface area contributed by atoms with E-state index in [0.29, 0.717) is 10.3 Å². The van der Waals surface area contributed by atoms with Crippen molar-refractivity contribution in [3.05, 3.63) is 47.5 Å². The van der Waals surface area contributed by atoms with Gasteiger partial charge in [0.25, 0.3) is 0 Å². The second-order valence-corrected chi connectivity index (χ2v) is 8.60. The molecule has 2 heterocycles. The van der Waals surface area contributed by atoms with E-state index in [0.717, 1.165) is 33.2 Å². The van der Waals surface area contributed by atoms with E-state index in [9.17, 15) is 9.59 Å². The highest BCUT2D eigenvalue weighted by Gasteiger charge is 2.12. The number of carbonyl (C=O) groups is 2. The monoisotopic (exact) mass is 425 g/mol. The van der Waals surface area contributed by atoms with Gasteiger partial charge in [-0.2, -0.15) is 0 Å². The van der Waals surface area contributed by atoms with Crippen molar-refractivity contribution in [3.8, 4) is 0 Å². The minimum atomic E-state index is -0.350. The zero-order valence-electron chi connectivity index (χ0n) is 15.9. The standard InChI is InChI=1S/C20H19N5O2S2/c1-11-3-5-13-15(7-11)23-19(21-13)28-9-17(26)25-18(27)10-29-20-22-14-6-4-12(2)8-16(14)24-20/h3-8H,9-10H2,1-2H3,(H,21,23)(H,22,24)(H,25,26,27). The summed E-state index contributed by atoms with van der Waals surface area (Å²) in [6.07, 6.45) is 0. The molecule has 3 N–H and O–H groups in total. The zero-order valence-corrected chi connectivity index (χ0v) is 17.5. The van der Waals surface area contributed by atoms with Gasteiger partial charge in [0.2, 0.25) is 11.8 Å². The van der Waals surface area contributed by atoms with Gasteiger partial charge in [0.05, 0.1) is 33.6 Å². The van der Waals surface area contributed by atoms with Crippen molar-refractivity contribution >= 4 is 57.4 Å². The quantitative estimate of drug-likeness (QED) is 0.408. The highest BCUT2D eigenvalue weighted by atomic mass is 32.2. The van der Waals surface area contributed by atoms with E-state index in [1.165, 1.54) is 23.5 Å². The molecule has 0 aliphatic rings. The maximum atomic E-state index is 12.1. The zero-order chi connectivity index (χ0) is 20.4. The predicted molar refractivity (Wildman–Crippen MR) is 116 cm³/mol. The smallest absolute Gasteiger partial charge is 0.237 e. The number of hydrogen-bond donors (Lipinski definition) is 3. The number of H-pyrrole nitrogens is 2. The molecule has 4 aromatic rings. The highest BCUT2D eigenvalue weighted by Crippen LogP contribution is 2.21. The van der Waals surface area contributed by atoms with Crippen LogP contribution >= 0.6 is 23.5 Å². The molecule has 2 amide bonds. The third kappa shape index (κ3) is 4.80. The van der Waals surface area contributed by atoms with Crippen molar-refractivity contribution in [2.45, 2.75) is 24.2 Å². The van der Waals surface area contributed by atoms with Gasteiger partial charge in [-0.05, 0) is 49.2 Å². The van der Waals surface area contributed by atoms with Crippen LogP contribution < -0.4 is 5.32 Å². The van der Waals surface area contributed by atoms with Crippen molar-refractivity contribution in [2.75, 3.05) is 11.5 Å². The number of aryl methyl sites for hydroxylation is 2. The molecule has 2 aromatic carbocycles. The molecule has 0 fully saturated rings. The fourth-order valence-electron chi connectivity index (χ4n) is 2.83. The SMILES string of the molecule is Cc1ccc2nc(SCC(=O)NC(=O)CSc3nc4ccc(C)cc4[nH]3)[nH]c2c1. The van der Waals surface area contributed by atoms with Gasteiger partial charge in [0, 0.05) is 0 Å². The van der Waals surface area contributed by atoms with Crippen LogP contribution in [0.25, 0.3) is 22.1 Å². The Labute approximate surface area is 175 Å². The Bertz CT molecular complexity index is 1120. The first-order valence-electron chi connectivity index (χ1n) is 8.97. The number of fused-ring (bicyclic) bond motifs is 2.